The van der Waals surface area contributed by atoms with Crippen molar-refractivity contribution >= 4 is 30.7 Å². The van der Waals surface area contributed by atoms with E-state index in [-0.39, 0.29) is 3.51 Å². The molecule has 3 aromatic carbocycles. The molecule has 3 aromatic rings. The Labute approximate surface area is 163 Å². The molecule has 0 unspecified atom stereocenters. The Bertz CT molecular complexity index is 986. The number of halogens is 10. The van der Waals surface area contributed by atoms with Gasteiger partial charge in [-0.15, -0.1) is 0 Å². The third-order valence-corrected chi connectivity index (χ3v) is 11.0. The van der Waals surface area contributed by atoms with Gasteiger partial charge in [-0.1, -0.05) is 0 Å². The van der Waals surface area contributed by atoms with Gasteiger partial charge in [-0.3, -0.25) is 0 Å². The van der Waals surface area contributed by atoms with Crippen LogP contribution < -0.4 is 10.5 Å². The fourth-order valence-electron chi connectivity index (χ4n) is 2.53. The second kappa shape index (κ2) is 7.89. The quantitative estimate of drug-likeness (QED) is 0.209. The molecule has 0 heterocycles. The van der Waals surface area contributed by atoms with Gasteiger partial charge in [-0.05, 0) is 0 Å². The minimum atomic E-state index is -5.01. The molecule has 3 rings (SSSR count). The maximum absolute atomic E-state index is 14.4. The van der Waals surface area contributed by atoms with Crippen LogP contribution in [-0.2, 0) is 0 Å². The Kier molecular flexibility index (Phi) is 5.85. The summed E-state index contributed by atoms with van der Waals surface area (Å²) >= 11 is -5.01. The van der Waals surface area contributed by atoms with E-state index in [2.05, 4.69) is 0 Å². The maximum atomic E-state index is 14.4. The molecule has 0 atom stereocenters. The summed E-state index contributed by atoms with van der Waals surface area (Å²) in [4.78, 5) is 0. The summed E-state index contributed by atoms with van der Waals surface area (Å²) in [7, 11) is 0. The molecule has 0 radical (unpaired) electrons. The van der Waals surface area contributed by atoms with E-state index in [1.54, 1.807) is 0 Å². The van der Waals surface area contributed by atoms with E-state index in [0.717, 1.165) is 12.1 Å². The van der Waals surface area contributed by atoms with Crippen LogP contribution in [0.3, 0.4) is 0 Å². The Hall–Kier alpha value is -2.22. The van der Waals surface area contributed by atoms with Crippen LogP contribution in [0.1, 0.15) is 0 Å². The van der Waals surface area contributed by atoms with Crippen molar-refractivity contribution in [3.05, 3.63) is 88.5 Å². The van der Waals surface area contributed by atoms with Gasteiger partial charge in [0, 0.05) is 0 Å². The molecule has 29 heavy (non-hydrogen) atoms. The summed E-state index contributed by atoms with van der Waals surface area (Å²) in [6.07, 6.45) is 0. The predicted octanol–water partition coefficient (Wildman–Crippen LogP) is 3.59. The molecular formula is C18H5F10Sb. The first kappa shape index (κ1) is 21.5. The van der Waals surface area contributed by atoms with Crippen LogP contribution in [-0.4, -0.2) is 20.2 Å². The van der Waals surface area contributed by atoms with Crippen LogP contribution in [0.2, 0.25) is 0 Å². The monoisotopic (exact) mass is 532 g/mol. The third-order valence-electron chi connectivity index (χ3n) is 3.83. The van der Waals surface area contributed by atoms with Crippen LogP contribution >= 0.6 is 0 Å². The first-order chi connectivity index (χ1) is 13.6. The number of hydrogen-bond donors (Lipinski definition) is 0. The zero-order valence-electron chi connectivity index (χ0n) is 13.6. The molecule has 0 saturated heterocycles. The van der Waals surface area contributed by atoms with Gasteiger partial charge in [-0.25, -0.2) is 0 Å². The minimum absolute atomic E-state index is 0.304. The Morgan fingerprint density at radius 1 is 0.379 bits per heavy atom. The average Bonchev–Trinajstić information content (AvgIpc) is 2.73. The molecule has 0 amide bonds. The van der Waals surface area contributed by atoms with Gasteiger partial charge in [0.05, 0.1) is 0 Å². The van der Waals surface area contributed by atoms with Gasteiger partial charge in [-0.2, -0.15) is 0 Å². The Morgan fingerprint density at radius 2 is 0.655 bits per heavy atom. The zero-order valence-corrected chi connectivity index (χ0v) is 16.2. The van der Waals surface area contributed by atoms with Crippen molar-refractivity contribution in [2.75, 3.05) is 0 Å². The van der Waals surface area contributed by atoms with Crippen LogP contribution in [0, 0.1) is 58.2 Å². The van der Waals surface area contributed by atoms with Gasteiger partial charge in [0.1, 0.15) is 0 Å². The molecule has 0 aliphatic rings. The molecule has 0 fully saturated rings. The van der Waals surface area contributed by atoms with E-state index in [0.29, 0.717) is 0 Å². The molecule has 0 bridgehead atoms. The zero-order chi connectivity index (χ0) is 21.6. The van der Waals surface area contributed by atoms with Crippen molar-refractivity contribution in [2.45, 2.75) is 0 Å². The normalized spacial score (nSPS) is 11.4. The van der Waals surface area contributed by atoms with E-state index in [1.165, 1.54) is 18.2 Å². The molecule has 0 N–H and O–H groups in total. The van der Waals surface area contributed by atoms with Gasteiger partial charge >= 0.3 is 163 Å². The van der Waals surface area contributed by atoms with Gasteiger partial charge < -0.3 is 0 Å². The molecule has 0 aliphatic heterocycles. The van der Waals surface area contributed by atoms with E-state index in [4.69, 9.17) is 0 Å². The van der Waals surface area contributed by atoms with Crippen molar-refractivity contribution in [2.24, 2.45) is 0 Å². The van der Waals surface area contributed by atoms with Crippen molar-refractivity contribution in [3.63, 3.8) is 0 Å². The van der Waals surface area contributed by atoms with E-state index in [1.807, 2.05) is 0 Å². The molecule has 0 aromatic heterocycles. The summed E-state index contributed by atoms with van der Waals surface area (Å²) in [5, 5.41) is 0. The number of rotatable bonds is 3. The van der Waals surface area contributed by atoms with Crippen molar-refractivity contribution in [3.8, 4) is 0 Å². The van der Waals surface area contributed by atoms with E-state index >= 15 is 0 Å². The van der Waals surface area contributed by atoms with E-state index in [9.17, 15) is 43.9 Å². The fraction of sp³-hybridized carbons (Fsp3) is 0. The van der Waals surface area contributed by atoms with Gasteiger partial charge in [0.2, 0.25) is 0 Å². The van der Waals surface area contributed by atoms with Gasteiger partial charge in [0.25, 0.3) is 0 Å². The standard InChI is InChI=1S/2C6F5.C6H5.Sb/c2*7-2-1-3(8)5(10)6(11)4(2)9;1-2-4-6-5-3-1;/h;;1-5H;. The SMILES string of the molecule is Fc1c(F)c(F)[c]([Sb]([c]2ccccc2)[c]2c(F)c(F)c(F)c(F)c2F)c(F)c1F. The molecule has 0 saturated carbocycles. The van der Waals surface area contributed by atoms with Crippen LogP contribution in [0.25, 0.3) is 0 Å². The van der Waals surface area contributed by atoms with Crippen LogP contribution in [0.4, 0.5) is 43.9 Å². The predicted molar refractivity (Wildman–Crippen MR) is 83.6 cm³/mol. The summed E-state index contributed by atoms with van der Waals surface area (Å²) in [5.74, 6) is -24.2. The molecule has 152 valence electrons. The van der Waals surface area contributed by atoms with Crippen LogP contribution in [0.5, 0.6) is 0 Å². The number of hydrogen-bond acceptors (Lipinski definition) is 0. The van der Waals surface area contributed by atoms with Gasteiger partial charge in [0.15, 0.2) is 0 Å². The average molecular weight is 533 g/mol. The van der Waals surface area contributed by atoms with Crippen molar-refractivity contribution in [1.29, 1.82) is 0 Å². The topological polar surface area (TPSA) is 0 Å². The van der Waals surface area contributed by atoms with Crippen molar-refractivity contribution < 1.29 is 43.9 Å². The first-order valence-corrected chi connectivity index (χ1v) is 11.3. The summed E-state index contributed by atoms with van der Waals surface area (Å²) in [5.41, 5.74) is 0. The summed E-state index contributed by atoms with van der Waals surface area (Å²) < 4.78 is 136. The first-order valence-electron chi connectivity index (χ1n) is 7.47. The van der Waals surface area contributed by atoms with Crippen molar-refractivity contribution in [1.82, 2.24) is 0 Å². The number of benzene rings is 3. The Morgan fingerprint density at radius 3 is 0.966 bits per heavy atom. The molecule has 0 aliphatic carbocycles. The second-order valence-electron chi connectivity index (χ2n) is 5.51. The van der Waals surface area contributed by atoms with E-state index < -0.39 is 85.4 Å². The summed E-state index contributed by atoms with van der Waals surface area (Å²) in [6, 6.07) is 5.87. The molecule has 11 heteroatoms. The molecule has 0 nitrogen and oxygen atoms in total. The fourth-order valence-corrected chi connectivity index (χ4v) is 9.34. The summed E-state index contributed by atoms with van der Waals surface area (Å²) in [6.45, 7) is 0. The van der Waals surface area contributed by atoms with Crippen LogP contribution in [0.15, 0.2) is 30.3 Å². The Balaban J connectivity index is 2.50. The molecular weight excluding hydrogens is 528 g/mol. The second-order valence-corrected chi connectivity index (χ2v) is 11.4. The molecule has 0 spiro atoms. The third kappa shape index (κ3) is 3.37.